The Morgan fingerprint density at radius 3 is 2.11 bits per heavy atom. The Morgan fingerprint density at radius 1 is 1.16 bits per heavy atom. The Kier molecular flexibility index (Phi) is 4.43. The summed E-state index contributed by atoms with van der Waals surface area (Å²) < 4.78 is 10.7. The largest absolute Gasteiger partial charge is 0.377 e. The summed E-state index contributed by atoms with van der Waals surface area (Å²) in [7, 11) is 3.26. The molecule has 0 spiro atoms. The molecule has 1 aliphatic carbocycles. The van der Waals surface area contributed by atoms with Gasteiger partial charge in [0.05, 0.1) is 6.07 Å². The highest BCUT2D eigenvalue weighted by molar-refractivity contribution is 5.86. The van der Waals surface area contributed by atoms with Crippen molar-refractivity contribution in [1.82, 2.24) is 4.90 Å². The molecule has 2 atom stereocenters. The number of carbonyl (C=O) groups excluding carboxylic acids is 1. The first-order valence-electron chi connectivity index (χ1n) is 6.93. The highest BCUT2D eigenvalue weighted by Gasteiger charge is 2.46. The lowest BCUT2D eigenvalue weighted by molar-refractivity contribution is -0.140. The van der Waals surface area contributed by atoms with Gasteiger partial charge in [0, 0.05) is 27.3 Å². The number of carbonyl (C=O) groups is 1. The standard InChI is InChI=1S/C14H22N2O3/c1-18-11-8-16(9-12(11)19-2)13(17)14(10-15)6-4-3-5-7-14/h11-12H,3-9H2,1-2H3. The Hall–Kier alpha value is -1.12. The zero-order chi connectivity index (χ0) is 13.9. The van der Waals surface area contributed by atoms with Crippen LogP contribution in [0.1, 0.15) is 32.1 Å². The highest BCUT2D eigenvalue weighted by Crippen LogP contribution is 2.38. The van der Waals surface area contributed by atoms with Gasteiger partial charge in [-0.1, -0.05) is 19.3 Å². The van der Waals surface area contributed by atoms with E-state index in [9.17, 15) is 10.1 Å². The van der Waals surface area contributed by atoms with Crippen LogP contribution in [0.15, 0.2) is 0 Å². The maximum Gasteiger partial charge on any atom is 0.243 e. The van der Waals surface area contributed by atoms with Crippen molar-refractivity contribution in [3.63, 3.8) is 0 Å². The summed E-state index contributed by atoms with van der Waals surface area (Å²) in [5, 5.41) is 9.46. The fourth-order valence-electron chi connectivity index (χ4n) is 3.19. The molecule has 1 saturated heterocycles. The fraction of sp³-hybridized carbons (Fsp3) is 0.857. The number of rotatable bonds is 3. The molecule has 0 aromatic carbocycles. The minimum atomic E-state index is -0.806. The zero-order valence-corrected chi connectivity index (χ0v) is 11.7. The number of nitrogens with zero attached hydrogens (tertiary/aromatic N) is 2. The summed E-state index contributed by atoms with van der Waals surface area (Å²) in [4.78, 5) is 14.4. The second-order valence-corrected chi connectivity index (χ2v) is 5.51. The van der Waals surface area contributed by atoms with Crippen LogP contribution in [0.4, 0.5) is 0 Å². The third-order valence-corrected chi connectivity index (χ3v) is 4.44. The molecule has 0 N–H and O–H groups in total. The molecule has 1 heterocycles. The lowest BCUT2D eigenvalue weighted by Crippen LogP contribution is -2.44. The second kappa shape index (κ2) is 5.89. The topological polar surface area (TPSA) is 62.6 Å². The van der Waals surface area contributed by atoms with Gasteiger partial charge in [-0.3, -0.25) is 4.79 Å². The van der Waals surface area contributed by atoms with Crippen molar-refractivity contribution < 1.29 is 14.3 Å². The smallest absolute Gasteiger partial charge is 0.243 e. The van der Waals surface area contributed by atoms with E-state index in [1.165, 1.54) is 0 Å². The average Bonchev–Trinajstić information content (AvgIpc) is 2.90. The van der Waals surface area contributed by atoms with E-state index in [-0.39, 0.29) is 18.1 Å². The van der Waals surface area contributed by atoms with Crippen LogP contribution in [0, 0.1) is 16.7 Å². The summed E-state index contributed by atoms with van der Waals surface area (Å²) in [5.74, 6) is -0.0312. The predicted octanol–water partition coefficient (Wildman–Crippen LogP) is 1.33. The minimum Gasteiger partial charge on any atom is -0.377 e. The lowest BCUT2D eigenvalue weighted by atomic mass is 9.74. The number of hydrogen-bond acceptors (Lipinski definition) is 4. The minimum absolute atomic E-state index is 0.0312. The van der Waals surface area contributed by atoms with Crippen molar-refractivity contribution in [3.05, 3.63) is 0 Å². The molecule has 1 saturated carbocycles. The normalized spacial score (nSPS) is 30.1. The van der Waals surface area contributed by atoms with Gasteiger partial charge in [0.2, 0.25) is 5.91 Å². The Bertz CT molecular complexity index is 359. The number of likely N-dealkylation sites (tertiary alicyclic amines) is 1. The highest BCUT2D eigenvalue weighted by atomic mass is 16.5. The van der Waals surface area contributed by atoms with Crippen molar-refractivity contribution in [2.24, 2.45) is 5.41 Å². The third kappa shape index (κ3) is 2.60. The summed E-state index contributed by atoms with van der Waals surface area (Å²) >= 11 is 0. The van der Waals surface area contributed by atoms with Crippen molar-refractivity contribution in [2.75, 3.05) is 27.3 Å². The van der Waals surface area contributed by atoms with Crippen LogP contribution in [0.2, 0.25) is 0 Å². The first-order chi connectivity index (χ1) is 9.16. The lowest BCUT2D eigenvalue weighted by Gasteiger charge is -2.33. The monoisotopic (exact) mass is 266 g/mol. The number of nitriles is 1. The van der Waals surface area contributed by atoms with Crippen molar-refractivity contribution in [1.29, 1.82) is 5.26 Å². The molecular weight excluding hydrogens is 244 g/mol. The van der Waals surface area contributed by atoms with Crippen LogP contribution < -0.4 is 0 Å². The molecule has 19 heavy (non-hydrogen) atoms. The molecule has 1 aliphatic heterocycles. The number of amides is 1. The van der Waals surface area contributed by atoms with Gasteiger partial charge < -0.3 is 14.4 Å². The van der Waals surface area contributed by atoms with Crippen LogP contribution in [0.25, 0.3) is 0 Å². The second-order valence-electron chi connectivity index (χ2n) is 5.51. The van der Waals surface area contributed by atoms with Crippen molar-refractivity contribution in [3.8, 4) is 6.07 Å². The van der Waals surface area contributed by atoms with E-state index in [0.717, 1.165) is 19.3 Å². The van der Waals surface area contributed by atoms with Crippen LogP contribution in [-0.4, -0.2) is 50.3 Å². The van der Waals surface area contributed by atoms with Gasteiger partial charge in [-0.15, -0.1) is 0 Å². The Morgan fingerprint density at radius 2 is 1.68 bits per heavy atom. The molecule has 2 unspecified atom stereocenters. The average molecular weight is 266 g/mol. The Labute approximate surface area is 114 Å². The van der Waals surface area contributed by atoms with E-state index in [1.807, 2.05) is 0 Å². The molecule has 0 aromatic rings. The molecule has 0 bridgehead atoms. The third-order valence-electron chi connectivity index (χ3n) is 4.44. The van der Waals surface area contributed by atoms with Gasteiger partial charge in [0.15, 0.2) is 0 Å². The molecule has 0 radical (unpaired) electrons. The van der Waals surface area contributed by atoms with E-state index in [1.54, 1.807) is 19.1 Å². The molecule has 5 nitrogen and oxygen atoms in total. The summed E-state index contributed by atoms with van der Waals surface area (Å²) in [6, 6.07) is 2.29. The van der Waals surface area contributed by atoms with Crippen LogP contribution in [-0.2, 0) is 14.3 Å². The summed E-state index contributed by atoms with van der Waals surface area (Å²) in [6.07, 6.45) is 4.25. The first-order valence-corrected chi connectivity index (χ1v) is 6.93. The van der Waals surface area contributed by atoms with Gasteiger partial charge in [0.1, 0.15) is 17.6 Å². The fourth-order valence-corrected chi connectivity index (χ4v) is 3.19. The summed E-state index contributed by atoms with van der Waals surface area (Å²) in [6.45, 7) is 1.05. The summed E-state index contributed by atoms with van der Waals surface area (Å²) in [5.41, 5.74) is -0.806. The zero-order valence-electron chi connectivity index (χ0n) is 11.7. The van der Waals surface area contributed by atoms with E-state index < -0.39 is 5.41 Å². The molecule has 1 amide bonds. The van der Waals surface area contributed by atoms with Crippen LogP contribution in [0.5, 0.6) is 0 Å². The van der Waals surface area contributed by atoms with Crippen LogP contribution in [0.3, 0.4) is 0 Å². The quantitative estimate of drug-likeness (QED) is 0.773. The molecule has 5 heteroatoms. The van der Waals surface area contributed by atoms with E-state index in [4.69, 9.17) is 9.47 Å². The van der Waals surface area contributed by atoms with Gasteiger partial charge >= 0.3 is 0 Å². The molecule has 2 aliphatic rings. The number of hydrogen-bond donors (Lipinski definition) is 0. The van der Waals surface area contributed by atoms with Gasteiger partial charge in [-0.2, -0.15) is 5.26 Å². The van der Waals surface area contributed by atoms with Gasteiger partial charge in [0.25, 0.3) is 0 Å². The van der Waals surface area contributed by atoms with E-state index >= 15 is 0 Å². The predicted molar refractivity (Wildman–Crippen MR) is 69.3 cm³/mol. The number of methoxy groups -OCH3 is 2. The van der Waals surface area contributed by atoms with Crippen LogP contribution >= 0.6 is 0 Å². The van der Waals surface area contributed by atoms with Gasteiger partial charge in [-0.25, -0.2) is 0 Å². The molecule has 2 rings (SSSR count). The maximum atomic E-state index is 12.7. The number of ether oxygens (including phenoxy) is 2. The maximum absolute atomic E-state index is 12.7. The first kappa shape index (κ1) is 14.3. The van der Waals surface area contributed by atoms with Gasteiger partial charge in [-0.05, 0) is 12.8 Å². The van der Waals surface area contributed by atoms with Crippen molar-refractivity contribution in [2.45, 2.75) is 44.3 Å². The van der Waals surface area contributed by atoms with Crippen molar-refractivity contribution >= 4 is 5.91 Å². The molecule has 2 fully saturated rings. The molecule has 106 valence electrons. The SMILES string of the molecule is COC1CN(C(=O)C2(C#N)CCCCC2)CC1OC. The molecule has 0 aromatic heterocycles. The Balaban J connectivity index is 2.09. The van der Waals surface area contributed by atoms with E-state index in [0.29, 0.717) is 25.9 Å². The van der Waals surface area contributed by atoms with E-state index in [2.05, 4.69) is 6.07 Å². The molecular formula is C14H22N2O3.